The lowest BCUT2D eigenvalue weighted by molar-refractivity contribution is -0.145. The molecule has 0 heterocycles. The zero-order chi connectivity index (χ0) is 12.9. The lowest BCUT2D eigenvalue weighted by Gasteiger charge is -2.29. The van der Waals surface area contributed by atoms with Crippen LogP contribution in [0.1, 0.15) is 18.9 Å². The average Bonchev–Trinajstić information content (AvgIpc) is 2.30. The molecule has 0 bridgehead atoms. The Kier molecular flexibility index (Phi) is 4.56. The Balaban J connectivity index is 3.22. The Morgan fingerprint density at radius 1 is 1.65 bits per heavy atom. The van der Waals surface area contributed by atoms with Crippen LogP contribution >= 0.6 is 11.6 Å². The van der Waals surface area contributed by atoms with Gasteiger partial charge in [0.05, 0.1) is 6.54 Å². The molecule has 0 fully saturated rings. The van der Waals surface area contributed by atoms with Gasteiger partial charge in [-0.05, 0) is 24.1 Å². The normalized spacial score (nSPS) is 13.7. The maximum Gasteiger partial charge on any atom is 0.328 e. The zero-order valence-corrected chi connectivity index (χ0v) is 10.3. The van der Waals surface area contributed by atoms with Crippen molar-refractivity contribution < 1.29 is 9.90 Å². The second kappa shape index (κ2) is 5.72. The molecule has 2 N–H and O–H groups in total. The zero-order valence-electron chi connectivity index (χ0n) is 9.53. The van der Waals surface area contributed by atoms with Gasteiger partial charge in [-0.15, -0.1) is 6.42 Å². The molecule has 0 aliphatic heterocycles. The number of benzene rings is 1. The Hall–Kier alpha value is -1.50. The summed E-state index contributed by atoms with van der Waals surface area (Å²) >= 11 is 5.89. The molecule has 0 aromatic heterocycles. The van der Waals surface area contributed by atoms with Crippen molar-refractivity contribution in [3.05, 3.63) is 34.9 Å². The van der Waals surface area contributed by atoms with Crippen LogP contribution in [0.15, 0.2) is 24.3 Å². The van der Waals surface area contributed by atoms with Gasteiger partial charge in [0, 0.05) is 5.02 Å². The predicted octanol–water partition coefficient (Wildman–Crippen LogP) is 2.25. The molecule has 0 radical (unpaired) electrons. The topological polar surface area (TPSA) is 49.3 Å². The first-order valence-electron chi connectivity index (χ1n) is 5.24. The van der Waals surface area contributed by atoms with E-state index >= 15 is 0 Å². The van der Waals surface area contributed by atoms with Gasteiger partial charge in [0.25, 0.3) is 0 Å². The SMILES string of the molecule is C#CCNC(CC)(C(=O)O)c1cccc(Cl)c1. The molecule has 1 unspecified atom stereocenters. The van der Waals surface area contributed by atoms with Crippen molar-refractivity contribution in [2.24, 2.45) is 0 Å². The van der Waals surface area contributed by atoms with Crippen LogP contribution in [0.4, 0.5) is 0 Å². The van der Waals surface area contributed by atoms with Gasteiger partial charge < -0.3 is 5.11 Å². The standard InChI is InChI=1S/C13H14ClNO2/c1-3-8-15-13(4-2,12(16)17)10-6-5-7-11(14)9-10/h1,5-7,9,15H,4,8H2,2H3,(H,16,17). The van der Waals surface area contributed by atoms with E-state index in [1.807, 2.05) is 0 Å². The number of hydrogen-bond acceptors (Lipinski definition) is 2. The smallest absolute Gasteiger partial charge is 0.328 e. The molecule has 1 aromatic rings. The van der Waals surface area contributed by atoms with Gasteiger partial charge in [-0.25, -0.2) is 4.79 Å². The van der Waals surface area contributed by atoms with Crippen molar-refractivity contribution in [1.29, 1.82) is 0 Å². The highest BCUT2D eigenvalue weighted by molar-refractivity contribution is 6.30. The molecule has 0 saturated heterocycles. The summed E-state index contributed by atoms with van der Waals surface area (Å²) in [5, 5.41) is 12.8. The molecule has 0 amide bonds. The first kappa shape index (κ1) is 13.6. The average molecular weight is 252 g/mol. The number of terminal acetylenes is 1. The van der Waals surface area contributed by atoms with Crippen LogP contribution in [0.2, 0.25) is 5.02 Å². The number of halogens is 1. The highest BCUT2D eigenvalue weighted by Gasteiger charge is 2.38. The van der Waals surface area contributed by atoms with Gasteiger partial charge in [-0.1, -0.05) is 36.6 Å². The van der Waals surface area contributed by atoms with Crippen LogP contribution in [0.3, 0.4) is 0 Å². The number of aliphatic carboxylic acids is 1. The second-order valence-corrected chi connectivity index (χ2v) is 4.07. The van der Waals surface area contributed by atoms with Crippen LogP contribution in [-0.4, -0.2) is 17.6 Å². The number of carbonyl (C=O) groups is 1. The molecule has 0 aliphatic carbocycles. The van der Waals surface area contributed by atoms with Crippen LogP contribution in [0, 0.1) is 12.3 Å². The van der Waals surface area contributed by atoms with Crippen LogP contribution in [0.5, 0.6) is 0 Å². The summed E-state index contributed by atoms with van der Waals surface area (Å²) in [6, 6.07) is 6.80. The van der Waals surface area contributed by atoms with Crippen molar-refractivity contribution in [2.75, 3.05) is 6.54 Å². The van der Waals surface area contributed by atoms with Gasteiger partial charge in [0.2, 0.25) is 0 Å². The minimum absolute atomic E-state index is 0.187. The molecular formula is C13H14ClNO2. The lowest BCUT2D eigenvalue weighted by atomic mass is 9.87. The van der Waals surface area contributed by atoms with E-state index in [0.29, 0.717) is 17.0 Å². The highest BCUT2D eigenvalue weighted by Crippen LogP contribution is 2.27. The number of rotatable bonds is 5. The van der Waals surface area contributed by atoms with E-state index in [2.05, 4.69) is 11.2 Å². The molecule has 1 atom stereocenters. The van der Waals surface area contributed by atoms with Gasteiger partial charge in [0.1, 0.15) is 5.54 Å². The van der Waals surface area contributed by atoms with Crippen LogP contribution in [0.25, 0.3) is 0 Å². The van der Waals surface area contributed by atoms with Crippen molar-refractivity contribution >= 4 is 17.6 Å². The molecule has 3 nitrogen and oxygen atoms in total. The molecule has 90 valence electrons. The van der Waals surface area contributed by atoms with Crippen molar-refractivity contribution in [3.63, 3.8) is 0 Å². The number of carboxylic acids is 1. The van der Waals surface area contributed by atoms with E-state index in [1.165, 1.54) is 0 Å². The van der Waals surface area contributed by atoms with E-state index in [4.69, 9.17) is 18.0 Å². The van der Waals surface area contributed by atoms with Crippen molar-refractivity contribution in [2.45, 2.75) is 18.9 Å². The first-order valence-corrected chi connectivity index (χ1v) is 5.62. The molecule has 17 heavy (non-hydrogen) atoms. The minimum Gasteiger partial charge on any atom is -0.480 e. The van der Waals surface area contributed by atoms with Gasteiger partial charge in [-0.2, -0.15) is 0 Å². The van der Waals surface area contributed by atoms with E-state index in [-0.39, 0.29) is 6.54 Å². The lowest BCUT2D eigenvalue weighted by Crippen LogP contribution is -2.49. The maximum atomic E-state index is 11.5. The largest absolute Gasteiger partial charge is 0.480 e. The monoisotopic (exact) mass is 251 g/mol. The molecule has 0 saturated carbocycles. The summed E-state index contributed by atoms with van der Waals surface area (Å²) in [5.41, 5.74) is -0.577. The summed E-state index contributed by atoms with van der Waals surface area (Å²) in [4.78, 5) is 11.5. The third-order valence-corrected chi connectivity index (χ3v) is 2.94. The number of hydrogen-bond donors (Lipinski definition) is 2. The van der Waals surface area contributed by atoms with Crippen LogP contribution < -0.4 is 5.32 Å². The van der Waals surface area contributed by atoms with E-state index in [9.17, 15) is 9.90 Å². The third-order valence-electron chi connectivity index (χ3n) is 2.71. The second-order valence-electron chi connectivity index (χ2n) is 3.63. The Morgan fingerprint density at radius 2 is 2.35 bits per heavy atom. The Morgan fingerprint density at radius 3 is 2.82 bits per heavy atom. The van der Waals surface area contributed by atoms with E-state index < -0.39 is 11.5 Å². The van der Waals surface area contributed by atoms with Gasteiger partial charge in [0.15, 0.2) is 0 Å². The molecule has 0 spiro atoms. The van der Waals surface area contributed by atoms with E-state index in [0.717, 1.165) is 0 Å². The molecule has 1 rings (SSSR count). The number of carboxylic acid groups (broad SMARTS) is 1. The van der Waals surface area contributed by atoms with Crippen molar-refractivity contribution in [1.82, 2.24) is 5.32 Å². The number of nitrogens with one attached hydrogen (secondary N) is 1. The fraction of sp³-hybridized carbons (Fsp3) is 0.308. The minimum atomic E-state index is -1.18. The quantitative estimate of drug-likeness (QED) is 0.790. The van der Waals surface area contributed by atoms with Crippen molar-refractivity contribution in [3.8, 4) is 12.3 Å². The fourth-order valence-corrected chi connectivity index (χ4v) is 1.93. The summed E-state index contributed by atoms with van der Waals surface area (Å²) in [6.45, 7) is 1.98. The first-order chi connectivity index (χ1) is 8.06. The summed E-state index contributed by atoms with van der Waals surface area (Å²) in [7, 11) is 0. The third kappa shape index (κ3) is 2.79. The Labute approximate surface area is 106 Å². The van der Waals surface area contributed by atoms with Gasteiger partial charge >= 0.3 is 5.97 Å². The summed E-state index contributed by atoms with van der Waals surface area (Å²) in [6.07, 6.45) is 5.55. The molecular weight excluding hydrogens is 238 g/mol. The summed E-state index contributed by atoms with van der Waals surface area (Å²) in [5.74, 6) is 1.43. The molecule has 4 heteroatoms. The Bertz CT molecular complexity index is 453. The van der Waals surface area contributed by atoms with E-state index in [1.54, 1.807) is 31.2 Å². The molecule has 1 aromatic carbocycles. The van der Waals surface area contributed by atoms with Gasteiger partial charge in [-0.3, -0.25) is 5.32 Å². The maximum absolute atomic E-state index is 11.5. The highest BCUT2D eigenvalue weighted by atomic mass is 35.5. The fourth-order valence-electron chi connectivity index (χ4n) is 1.74. The summed E-state index contributed by atoms with van der Waals surface area (Å²) < 4.78 is 0. The van der Waals surface area contributed by atoms with Crippen LogP contribution in [-0.2, 0) is 10.3 Å². The predicted molar refractivity (Wildman–Crippen MR) is 67.9 cm³/mol. The molecule has 0 aliphatic rings.